The Morgan fingerprint density at radius 3 is 2.43 bits per heavy atom. The van der Waals surface area contributed by atoms with Crippen molar-refractivity contribution in [2.45, 2.75) is 27.2 Å². The van der Waals surface area contributed by atoms with Crippen LogP contribution in [-0.2, 0) is 4.79 Å². The maximum atomic E-state index is 11.6. The molecular formula is C14H22Cl2N4O. The molecule has 0 aliphatic heterocycles. The maximum absolute atomic E-state index is 11.6. The van der Waals surface area contributed by atoms with E-state index in [1.807, 2.05) is 6.92 Å². The van der Waals surface area contributed by atoms with Crippen molar-refractivity contribution in [2.75, 3.05) is 30.3 Å². The molecule has 0 fully saturated rings. The highest BCUT2D eigenvalue weighted by Crippen LogP contribution is 2.28. The van der Waals surface area contributed by atoms with E-state index in [9.17, 15) is 4.79 Å². The van der Waals surface area contributed by atoms with Crippen molar-refractivity contribution in [3.63, 3.8) is 0 Å². The summed E-state index contributed by atoms with van der Waals surface area (Å²) in [5.41, 5.74) is 0. The van der Waals surface area contributed by atoms with Gasteiger partial charge in [-0.2, -0.15) is 0 Å². The van der Waals surface area contributed by atoms with Crippen LogP contribution in [0, 0.1) is 5.92 Å². The molecule has 0 unspecified atom stereocenters. The minimum absolute atomic E-state index is 0.00759. The lowest BCUT2D eigenvalue weighted by molar-refractivity contribution is -0.120. The summed E-state index contributed by atoms with van der Waals surface area (Å²) >= 11 is 12.1. The van der Waals surface area contributed by atoms with Gasteiger partial charge in [-0.25, -0.2) is 4.98 Å². The number of aromatic nitrogens is 1. The van der Waals surface area contributed by atoms with Gasteiger partial charge in [-0.3, -0.25) is 4.79 Å². The zero-order valence-corrected chi connectivity index (χ0v) is 14.1. The Morgan fingerprint density at radius 1 is 1.24 bits per heavy atom. The van der Waals surface area contributed by atoms with Crippen molar-refractivity contribution in [1.82, 2.24) is 10.3 Å². The molecule has 1 heterocycles. The number of halogens is 2. The van der Waals surface area contributed by atoms with Gasteiger partial charge in [-0.1, -0.05) is 37.0 Å². The predicted molar refractivity (Wildman–Crippen MR) is 89.4 cm³/mol. The van der Waals surface area contributed by atoms with Gasteiger partial charge in [0.05, 0.1) is 10.0 Å². The Bertz CT molecular complexity index is 480. The number of hydrogen-bond donors (Lipinski definition) is 3. The van der Waals surface area contributed by atoms with Crippen LogP contribution in [-0.4, -0.2) is 30.5 Å². The minimum atomic E-state index is 0.00759. The summed E-state index contributed by atoms with van der Waals surface area (Å²) in [6.07, 6.45) is 0.365. The molecule has 0 aliphatic carbocycles. The van der Waals surface area contributed by atoms with E-state index >= 15 is 0 Å². The highest BCUT2D eigenvalue weighted by Gasteiger charge is 2.09. The molecule has 3 N–H and O–H groups in total. The van der Waals surface area contributed by atoms with E-state index in [4.69, 9.17) is 23.2 Å². The van der Waals surface area contributed by atoms with E-state index in [0.29, 0.717) is 53.7 Å². The van der Waals surface area contributed by atoms with Crippen LogP contribution in [0.3, 0.4) is 0 Å². The van der Waals surface area contributed by atoms with Crippen LogP contribution in [0.25, 0.3) is 0 Å². The quantitative estimate of drug-likeness (QED) is 0.682. The lowest BCUT2D eigenvalue weighted by Gasteiger charge is -2.12. The molecule has 5 nitrogen and oxygen atoms in total. The molecule has 1 aromatic heterocycles. The fraction of sp³-hybridized carbons (Fsp3) is 0.571. The number of anilines is 2. The van der Waals surface area contributed by atoms with Crippen molar-refractivity contribution < 1.29 is 4.79 Å². The predicted octanol–water partition coefficient (Wildman–Crippen LogP) is 3.39. The average molecular weight is 333 g/mol. The lowest BCUT2D eigenvalue weighted by Crippen LogP contribution is -2.28. The Balaban J connectivity index is 2.51. The largest absolute Gasteiger partial charge is 0.369 e. The van der Waals surface area contributed by atoms with Crippen molar-refractivity contribution >= 4 is 40.7 Å². The minimum Gasteiger partial charge on any atom is -0.369 e. The molecule has 0 bridgehead atoms. The van der Waals surface area contributed by atoms with E-state index in [1.165, 1.54) is 0 Å². The Hall–Kier alpha value is -1.20. The van der Waals surface area contributed by atoms with Crippen LogP contribution in [0.15, 0.2) is 6.07 Å². The molecule has 0 atom stereocenters. The van der Waals surface area contributed by atoms with Gasteiger partial charge in [0.15, 0.2) is 0 Å². The maximum Gasteiger partial charge on any atom is 0.221 e. The van der Waals surface area contributed by atoms with Crippen molar-refractivity contribution in [3.8, 4) is 0 Å². The SMILES string of the molecule is CCNc1nc(NCCC(=O)NCC(C)C)c(Cl)cc1Cl. The monoisotopic (exact) mass is 332 g/mol. The first-order valence-corrected chi connectivity index (χ1v) is 7.80. The molecule has 21 heavy (non-hydrogen) atoms. The Kier molecular flexibility index (Phi) is 7.61. The topological polar surface area (TPSA) is 66.0 Å². The fourth-order valence-corrected chi connectivity index (χ4v) is 2.07. The third-order valence-corrected chi connectivity index (χ3v) is 3.20. The summed E-state index contributed by atoms with van der Waals surface area (Å²) in [6, 6.07) is 1.63. The number of carbonyl (C=O) groups excluding carboxylic acids is 1. The number of rotatable bonds is 8. The Morgan fingerprint density at radius 2 is 1.86 bits per heavy atom. The number of hydrogen-bond acceptors (Lipinski definition) is 4. The molecule has 0 spiro atoms. The molecule has 0 radical (unpaired) electrons. The van der Waals surface area contributed by atoms with Crippen LogP contribution in [0.4, 0.5) is 11.6 Å². The zero-order valence-electron chi connectivity index (χ0n) is 12.6. The first kappa shape index (κ1) is 17.9. The lowest BCUT2D eigenvalue weighted by atomic mass is 10.2. The molecular weight excluding hydrogens is 311 g/mol. The molecule has 0 aromatic carbocycles. The van der Waals surface area contributed by atoms with Gasteiger partial charge in [0.25, 0.3) is 0 Å². The summed E-state index contributed by atoms with van der Waals surface area (Å²) in [7, 11) is 0. The molecule has 0 saturated heterocycles. The highest BCUT2D eigenvalue weighted by atomic mass is 35.5. The van der Waals surface area contributed by atoms with Gasteiger partial charge in [-0.15, -0.1) is 0 Å². The van der Waals surface area contributed by atoms with Gasteiger partial charge in [-0.05, 0) is 18.9 Å². The summed E-state index contributed by atoms with van der Waals surface area (Å²) in [5, 5.41) is 9.88. The summed E-state index contributed by atoms with van der Waals surface area (Å²) in [5.74, 6) is 1.55. The first-order valence-electron chi connectivity index (χ1n) is 7.04. The number of pyridine rings is 1. The van der Waals surface area contributed by atoms with Crippen LogP contribution < -0.4 is 16.0 Å². The zero-order chi connectivity index (χ0) is 15.8. The van der Waals surface area contributed by atoms with Crippen molar-refractivity contribution in [2.24, 2.45) is 5.92 Å². The molecule has 118 valence electrons. The van der Waals surface area contributed by atoms with E-state index in [-0.39, 0.29) is 5.91 Å². The molecule has 1 aromatic rings. The molecule has 7 heteroatoms. The van der Waals surface area contributed by atoms with Crippen molar-refractivity contribution in [1.29, 1.82) is 0 Å². The van der Waals surface area contributed by atoms with Gasteiger partial charge in [0.1, 0.15) is 11.6 Å². The van der Waals surface area contributed by atoms with Crippen LogP contribution in [0.1, 0.15) is 27.2 Å². The molecule has 0 saturated carbocycles. The molecule has 1 rings (SSSR count). The number of nitrogens with one attached hydrogen (secondary N) is 3. The van der Waals surface area contributed by atoms with E-state index < -0.39 is 0 Å². The first-order chi connectivity index (χ1) is 9.93. The second-order valence-electron chi connectivity index (χ2n) is 5.05. The van der Waals surface area contributed by atoms with E-state index in [2.05, 4.69) is 34.8 Å². The number of nitrogens with zero attached hydrogens (tertiary/aromatic N) is 1. The summed E-state index contributed by atoms with van der Waals surface area (Å²) in [6.45, 7) is 7.92. The molecule has 0 aliphatic rings. The third-order valence-electron chi connectivity index (χ3n) is 2.63. The van der Waals surface area contributed by atoms with E-state index in [1.54, 1.807) is 6.07 Å². The number of amides is 1. The van der Waals surface area contributed by atoms with Gasteiger partial charge < -0.3 is 16.0 Å². The van der Waals surface area contributed by atoms with Crippen molar-refractivity contribution in [3.05, 3.63) is 16.1 Å². The van der Waals surface area contributed by atoms with Gasteiger partial charge in [0.2, 0.25) is 5.91 Å². The third kappa shape index (κ3) is 6.40. The Labute approximate surface area is 135 Å². The fourth-order valence-electron chi connectivity index (χ4n) is 1.58. The summed E-state index contributed by atoms with van der Waals surface area (Å²) in [4.78, 5) is 15.9. The van der Waals surface area contributed by atoms with Gasteiger partial charge >= 0.3 is 0 Å². The number of carbonyl (C=O) groups is 1. The smallest absolute Gasteiger partial charge is 0.221 e. The van der Waals surface area contributed by atoms with Crippen LogP contribution in [0.5, 0.6) is 0 Å². The second-order valence-corrected chi connectivity index (χ2v) is 5.87. The van der Waals surface area contributed by atoms with Crippen LogP contribution in [0.2, 0.25) is 10.0 Å². The average Bonchev–Trinajstić information content (AvgIpc) is 2.41. The van der Waals surface area contributed by atoms with E-state index in [0.717, 1.165) is 0 Å². The normalized spacial score (nSPS) is 10.6. The molecule has 1 amide bonds. The van der Waals surface area contributed by atoms with Crippen LogP contribution >= 0.6 is 23.2 Å². The summed E-state index contributed by atoms with van der Waals surface area (Å²) < 4.78 is 0. The highest BCUT2D eigenvalue weighted by molar-refractivity contribution is 6.37. The standard InChI is InChI=1S/C14H22Cl2N4O/c1-4-17-13-10(15)7-11(16)14(20-13)18-6-5-12(21)19-8-9(2)3/h7,9H,4-6,8H2,1-3H3,(H,19,21)(H2,17,18,20). The van der Waals surface area contributed by atoms with Gasteiger partial charge in [0, 0.05) is 26.1 Å². The second kappa shape index (κ2) is 8.95.